The lowest BCUT2D eigenvalue weighted by atomic mass is 10.4. The van der Waals surface area contributed by atoms with E-state index in [9.17, 15) is 0 Å². The van der Waals surface area contributed by atoms with E-state index < -0.39 is 0 Å². The highest BCUT2D eigenvalue weighted by atomic mass is 32.1. The molecule has 0 aromatic carbocycles. The summed E-state index contributed by atoms with van der Waals surface area (Å²) in [5.41, 5.74) is 0.920. The Balaban J connectivity index is 2.05. The third-order valence-corrected chi connectivity index (χ3v) is 2.15. The molecule has 0 aliphatic rings. The zero-order valence-corrected chi connectivity index (χ0v) is 9.78. The summed E-state index contributed by atoms with van der Waals surface area (Å²) in [7, 11) is 1.79. The van der Waals surface area contributed by atoms with Crippen LogP contribution in [0.1, 0.15) is 11.5 Å². The van der Waals surface area contributed by atoms with Crippen LogP contribution in [0.15, 0.2) is 10.6 Å². The van der Waals surface area contributed by atoms with E-state index in [0.29, 0.717) is 11.7 Å². The van der Waals surface area contributed by atoms with Gasteiger partial charge in [-0.25, -0.2) is 0 Å². The Bertz CT molecular complexity index is 313. The van der Waals surface area contributed by atoms with Crippen LogP contribution in [0.4, 0.5) is 0 Å². The van der Waals surface area contributed by atoms with Crippen molar-refractivity contribution in [1.82, 2.24) is 21.1 Å². The first kappa shape index (κ1) is 11.9. The van der Waals surface area contributed by atoms with Crippen molar-refractivity contribution in [2.45, 2.75) is 13.5 Å². The number of nitrogens with zero attached hydrogens (tertiary/aromatic N) is 1. The molecular weight excluding hydrogens is 212 g/mol. The molecule has 0 fully saturated rings. The van der Waals surface area contributed by atoms with Crippen molar-refractivity contribution in [3.63, 3.8) is 0 Å². The van der Waals surface area contributed by atoms with E-state index in [2.05, 4.69) is 21.1 Å². The molecule has 15 heavy (non-hydrogen) atoms. The zero-order valence-electron chi connectivity index (χ0n) is 8.96. The second-order valence-electron chi connectivity index (χ2n) is 3.11. The average molecular weight is 228 g/mol. The molecule has 0 radical (unpaired) electrons. The van der Waals surface area contributed by atoms with Crippen molar-refractivity contribution < 1.29 is 4.52 Å². The molecule has 0 amide bonds. The Morgan fingerprint density at radius 1 is 1.53 bits per heavy atom. The predicted molar refractivity (Wildman–Crippen MR) is 62.6 cm³/mol. The minimum atomic E-state index is 0.661. The summed E-state index contributed by atoms with van der Waals surface area (Å²) in [6.45, 7) is 4.21. The highest BCUT2D eigenvalue weighted by Gasteiger charge is 1.98. The van der Waals surface area contributed by atoms with Gasteiger partial charge in [-0.2, -0.15) is 0 Å². The van der Waals surface area contributed by atoms with E-state index in [-0.39, 0.29) is 0 Å². The van der Waals surface area contributed by atoms with Gasteiger partial charge >= 0.3 is 0 Å². The maximum Gasteiger partial charge on any atom is 0.166 e. The number of rotatable bonds is 5. The van der Waals surface area contributed by atoms with Crippen molar-refractivity contribution in [3.8, 4) is 0 Å². The van der Waals surface area contributed by atoms with Gasteiger partial charge in [-0.15, -0.1) is 0 Å². The number of thiocarbonyl (C=S) groups is 1. The number of hydrogen-bond donors (Lipinski definition) is 3. The van der Waals surface area contributed by atoms with Gasteiger partial charge in [-0.1, -0.05) is 5.16 Å². The van der Waals surface area contributed by atoms with E-state index in [1.54, 1.807) is 7.05 Å². The van der Waals surface area contributed by atoms with Crippen LogP contribution in [0.2, 0.25) is 0 Å². The monoisotopic (exact) mass is 228 g/mol. The van der Waals surface area contributed by atoms with Crippen LogP contribution < -0.4 is 16.0 Å². The van der Waals surface area contributed by atoms with Crippen molar-refractivity contribution in [2.24, 2.45) is 0 Å². The van der Waals surface area contributed by atoms with Gasteiger partial charge in [0.2, 0.25) is 0 Å². The SMILES string of the molecule is CNC(=S)NCCNCc1cc(C)on1. The molecule has 0 unspecified atom stereocenters. The number of aryl methyl sites for hydroxylation is 1. The molecule has 1 heterocycles. The molecule has 0 atom stereocenters. The molecule has 1 aromatic rings. The van der Waals surface area contributed by atoms with Crippen LogP contribution in [0.3, 0.4) is 0 Å². The van der Waals surface area contributed by atoms with Gasteiger partial charge in [0.15, 0.2) is 5.11 Å². The fraction of sp³-hybridized carbons (Fsp3) is 0.556. The van der Waals surface area contributed by atoms with E-state index in [4.69, 9.17) is 16.7 Å². The quantitative estimate of drug-likeness (QED) is 0.493. The van der Waals surface area contributed by atoms with E-state index in [0.717, 1.165) is 24.5 Å². The van der Waals surface area contributed by atoms with Crippen LogP contribution in [-0.2, 0) is 6.54 Å². The Hall–Kier alpha value is -1.14. The van der Waals surface area contributed by atoms with E-state index >= 15 is 0 Å². The fourth-order valence-electron chi connectivity index (χ4n) is 1.07. The van der Waals surface area contributed by atoms with E-state index in [1.807, 2.05) is 13.0 Å². The van der Waals surface area contributed by atoms with Crippen molar-refractivity contribution in [3.05, 3.63) is 17.5 Å². The van der Waals surface area contributed by atoms with Crippen LogP contribution >= 0.6 is 12.2 Å². The van der Waals surface area contributed by atoms with Crippen LogP contribution in [-0.4, -0.2) is 30.4 Å². The second kappa shape index (κ2) is 6.36. The van der Waals surface area contributed by atoms with Gasteiger partial charge in [0.05, 0.1) is 5.69 Å². The summed E-state index contributed by atoms with van der Waals surface area (Å²) in [6, 6.07) is 1.92. The Kier molecular flexibility index (Phi) is 5.06. The van der Waals surface area contributed by atoms with E-state index in [1.165, 1.54) is 0 Å². The molecule has 0 aliphatic carbocycles. The van der Waals surface area contributed by atoms with Gasteiger partial charge in [0.25, 0.3) is 0 Å². The third kappa shape index (κ3) is 4.75. The molecule has 1 rings (SSSR count). The first-order valence-corrected chi connectivity index (χ1v) is 5.21. The highest BCUT2D eigenvalue weighted by Crippen LogP contribution is 1.99. The molecule has 6 heteroatoms. The highest BCUT2D eigenvalue weighted by molar-refractivity contribution is 7.80. The lowest BCUT2D eigenvalue weighted by Gasteiger charge is -2.06. The normalized spacial score (nSPS) is 10.0. The Labute approximate surface area is 94.6 Å². The minimum absolute atomic E-state index is 0.661. The summed E-state index contributed by atoms with van der Waals surface area (Å²) >= 11 is 4.92. The first-order valence-electron chi connectivity index (χ1n) is 4.81. The number of hydrogen-bond acceptors (Lipinski definition) is 4. The van der Waals surface area contributed by atoms with Crippen LogP contribution in [0.5, 0.6) is 0 Å². The third-order valence-electron chi connectivity index (χ3n) is 1.80. The van der Waals surface area contributed by atoms with Gasteiger partial charge in [0.1, 0.15) is 5.76 Å². The molecule has 0 saturated carbocycles. The number of nitrogens with one attached hydrogen (secondary N) is 3. The maximum atomic E-state index is 4.94. The van der Waals surface area contributed by atoms with Crippen molar-refractivity contribution in [2.75, 3.05) is 20.1 Å². The summed E-state index contributed by atoms with van der Waals surface area (Å²) in [5.74, 6) is 0.835. The van der Waals surface area contributed by atoms with Gasteiger partial charge in [-0.05, 0) is 19.1 Å². The lowest BCUT2D eigenvalue weighted by Crippen LogP contribution is -2.37. The molecule has 0 spiro atoms. The Morgan fingerprint density at radius 3 is 2.93 bits per heavy atom. The van der Waals surface area contributed by atoms with Gasteiger partial charge in [0, 0.05) is 32.7 Å². The summed E-state index contributed by atoms with van der Waals surface area (Å²) < 4.78 is 4.94. The zero-order chi connectivity index (χ0) is 11.1. The predicted octanol–water partition coefficient (Wildman–Crippen LogP) is 0.167. The maximum absolute atomic E-state index is 4.94. The van der Waals surface area contributed by atoms with Gasteiger partial charge in [-0.3, -0.25) is 0 Å². The smallest absolute Gasteiger partial charge is 0.166 e. The molecule has 5 nitrogen and oxygen atoms in total. The summed E-state index contributed by atoms with van der Waals surface area (Å²) in [5, 5.41) is 13.6. The topological polar surface area (TPSA) is 62.1 Å². The van der Waals surface area contributed by atoms with Crippen molar-refractivity contribution >= 4 is 17.3 Å². The van der Waals surface area contributed by atoms with Gasteiger partial charge < -0.3 is 20.5 Å². The minimum Gasteiger partial charge on any atom is -0.366 e. The first-order chi connectivity index (χ1) is 7.22. The molecule has 1 aromatic heterocycles. The lowest BCUT2D eigenvalue weighted by molar-refractivity contribution is 0.388. The second-order valence-corrected chi connectivity index (χ2v) is 3.52. The standard InChI is InChI=1S/C9H16N4OS/c1-7-5-8(13-14-7)6-11-3-4-12-9(15)10-2/h5,11H,3-4,6H2,1-2H3,(H2,10,12,15). The molecule has 0 bridgehead atoms. The summed E-state index contributed by atoms with van der Waals surface area (Å²) in [4.78, 5) is 0. The molecular formula is C9H16N4OS. The largest absolute Gasteiger partial charge is 0.366 e. The molecule has 0 aliphatic heterocycles. The van der Waals surface area contributed by atoms with Crippen LogP contribution in [0.25, 0.3) is 0 Å². The average Bonchev–Trinajstić information content (AvgIpc) is 2.63. The number of aromatic nitrogens is 1. The van der Waals surface area contributed by atoms with Crippen molar-refractivity contribution in [1.29, 1.82) is 0 Å². The molecule has 84 valence electrons. The van der Waals surface area contributed by atoms with Crippen LogP contribution in [0, 0.1) is 6.92 Å². The fourth-order valence-corrected chi connectivity index (χ4v) is 1.17. The molecule has 0 saturated heterocycles. The summed E-state index contributed by atoms with van der Waals surface area (Å²) in [6.07, 6.45) is 0. The molecule has 3 N–H and O–H groups in total. The Morgan fingerprint density at radius 2 is 2.33 bits per heavy atom.